The molecule has 0 fully saturated rings. The van der Waals surface area contributed by atoms with Gasteiger partial charge in [-0.2, -0.15) is 0 Å². The van der Waals surface area contributed by atoms with Crippen molar-refractivity contribution in [2.24, 2.45) is 0 Å². The predicted octanol–water partition coefficient (Wildman–Crippen LogP) is 6.30. The van der Waals surface area contributed by atoms with Crippen molar-refractivity contribution in [3.05, 3.63) is 58.5 Å². The fourth-order valence-electron chi connectivity index (χ4n) is 3.47. The Morgan fingerprint density at radius 2 is 1.93 bits per heavy atom. The van der Waals surface area contributed by atoms with Crippen LogP contribution in [0.3, 0.4) is 0 Å². The molecule has 0 aliphatic carbocycles. The molecule has 0 radical (unpaired) electrons. The lowest BCUT2D eigenvalue weighted by molar-refractivity contribution is -0.147. The van der Waals surface area contributed by atoms with E-state index in [0.29, 0.717) is 5.88 Å². The van der Waals surface area contributed by atoms with Crippen LogP contribution >= 0.6 is 22.9 Å². The highest BCUT2D eigenvalue weighted by Gasteiger charge is 2.34. The van der Waals surface area contributed by atoms with Crippen LogP contribution in [0.1, 0.15) is 35.4 Å². The van der Waals surface area contributed by atoms with Crippen molar-refractivity contribution in [1.29, 1.82) is 0 Å². The third-order valence-corrected chi connectivity index (χ3v) is 6.47. The molecule has 3 nitrogen and oxygen atoms in total. The summed E-state index contributed by atoms with van der Waals surface area (Å²) in [6.45, 7) is 11.8. The number of carbonyl (C=O) groups is 1. The van der Waals surface area contributed by atoms with Gasteiger partial charge < -0.3 is 9.72 Å². The molecule has 0 aliphatic heterocycles. The number of ether oxygens (including phenoxy) is 1. The molecule has 28 heavy (non-hydrogen) atoms. The van der Waals surface area contributed by atoms with Gasteiger partial charge in [0.2, 0.25) is 0 Å². The summed E-state index contributed by atoms with van der Waals surface area (Å²) in [5.41, 5.74) is 5.24. The Kier molecular flexibility index (Phi) is 6.01. The number of carbonyl (C=O) groups excluding carboxylic acids is 1. The summed E-state index contributed by atoms with van der Waals surface area (Å²) in [5.74, 6) is 0.297. The van der Waals surface area contributed by atoms with Gasteiger partial charge in [0, 0.05) is 16.1 Å². The van der Waals surface area contributed by atoms with Gasteiger partial charge in [0.1, 0.15) is 11.4 Å². The minimum absolute atomic E-state index is 0.222. The molecule has 148 valence electrons. The smallest absolute Gasteiger partial charge is 0.317 e. The number of hydrogen-bond acceptors (Lipinski definition) is 3. The molecule has 3 aromatic rings. The van der Waals surface area contributed by atoms with Crippen molar-refractivity contribution in [1.82, 2.24) is 4.98 Å². The van der Waals surface area contributed by atoms with Crippen molar-refractivity contribution in [2.45, 2.75) is 39.5 Å². The maximum atomic E-state index is 12.5. The quantitative estimate of drug-likeness (QED) is 0.279. The lowest BCUT2D eigenvalue weighted by Crippen LogP contribution is -2.30. The second-order valence-corrected chi connectivity index (χ2v) is 9.09. The number of aromatic nitrogens is 1. The molecule has 1 aromatic carbocycles. The molecule has 0 spiro atoms. The molecular formula is C23H26ClNO2S. The molecule has 0 bridgehead atoms. The van der Waals surface area contributed by atoms with E-state index in [2.05, 4.69) is 49.7 Å². The monoisotopic (exact) mass is 415 g/mol. The third-order valence-electron chi connectivity index (χ3n) is 4.91. The first-order valence-corrected chi connectivity index (χ1v) is 10.7. The van der Waals surface area contributed by atoms with E-state index in [1.165, 1.54) is 22.3 Å². The second-order valence-electron chi connectivity index (χ2n) is 7.66. The highest BCUT2D eigenvalue weighted by Crippen LogP contribution is 2.40. The molecule has 3 rings (SSSR count). The summed E-state index contributed by atoms with van der Waals surface area (Å²) in [6.07, 6.45) is 2.35. The molecule has 1 N–H and O–H groups in total. The van der Waals surface area contributed by atoms with Crippen molar-refractivity contribution in [3.63, 3.8) is 0 Å². The van der Waals surface area contributed by atoms with Crippen LogP contribution in [0.2, 0.25) is 0 Å². The Balaban J connectivity index is 2.08. The molecule has 0 aliphatic rings. The van der Waals surface area contributed by atoms with Crippen LogP contribution in [-0.2, 0) is 21.4 Å². The first kappa shape index (κ1) is 20.7. The van der Waals surface area contributed by atoms with Crippen molar-refractivity contribution < 1.29 is 9.53 Å². The van der Waals surface area contributed by atoms with Crippen LogP contribution in [0.4, 0.5) is 0 Å². The number of halogens is 1. The molecule has 0 saturated carbocycles. The number of H-pyrrole nitrogens is 1. The van der Waals surface area contributed by atoms with Crippen molar-refractivity contribution >= 4 is 39.1 Å². The Morgan fingerprint density at radius 3 is 2.54 bits per heavy atom. The first-order valence-electron chi connectivity index (χ1n) is 9.35. The molecule has 2 heterocycles. The largest absolute Gasteiger partial charge is 0.461 e. The van der Waals surface area contributed by atoms with Crippen LogP contribution in [0.25, 0.3) is 21.5 Å². The maximum absolute atomic E-state index is 12.5. The Bertz CT molecular complexity index is 1010. The van der Waals surface area contributed by atoms with Crippen LogP contribution in [0.5, 0.6) is 0 Å². The number of alkyl halides is 1. The summed E-state index contributed by atoms with van der Waals surface area (Å²) in [4.78, 5) is 18.1. The minimum atomic E-state index is -0.716. The van der Waals surface area contributed by atoms with Crippen LogP contribution in [0.15, 0.2) is 36.9 Å². The van der Waals surface area contributed by atoms with E-state index in [1.54, 1.807) is 17.4 Å². The van der Waals surface area contributed by atoms with E-state index in [9.17, 15) is 4.79 Å². The molecular weight excluding hydrogens is 390 g/mol. The van der Waals surface area contributed by atoms with E-state index in [1.807, 2.05) is 13.8 Å². The molecule has 0 atom stereocenters. The number of fused-ring (bicyclic) bond motifs is 1. The number of benzene rings is 1. The van der Waals surface area contributed by atoms with Gasteiger partial charge in [-0.1, -0.05) is 29.8 Å². The highest BCUT2D eigenvalue weighted by atomic mass is 35.5. The van der Waals surface area contributed by atoms with Crippen LogP contribution in [0, 0.1) is 13.8 Å². The number of thiophene rings is 1. The van der Waals surface area contributed by atoms with E-state index in [4.69, 9.17) is 16.3 Å². The zero-order chi connectivity index (χ0) is 20.5. The SMILES string of the molecule is C=CCOC(=O)C(C)(C)c1cc2c(CCCl)c(-c3cc(C)cc(C)c3)[nH]c2s1. The fourth-order valence-corrected chi connectivity index (χ4v) is 4.84. The minimum Gasteiger partial charge on any atom is -0.461 e. The highest BCUT2D eigenvalue weighted by molar-refractivity contribution is 7.19. The lowest BCUT2D eigenvalue weighted by Gasteiger charge is -2.20. The molecule has 0 saturated heterocycles. The Hall–Kier alpha value is -2.04. The van der Waals surface area contributed by atoms with Crippen LogP contribution in [-0.4, -0.2) is 23.4 Å². The predicted molar refractivity (Wildman–Crippen MR) is 120 cm³/mol. The van der Waals surface area contributed by atoms with Gasteiger partial charge in [-0.25, -0.2) is 0 Å². The van der Waals surface area contributed by atoms with E-state index < -0.39 is 5.41 Å². The van der Waals surface area contributed by atoms with E-state index in [-0.39, 0.29) is 12.6 Å². The molecule has 5 heteroatoms. The number of hydrogen-bond donors (Lipinski definition) is 1. The Morgan fingerprint density at radius 1 is 1.25 bits per heavy atom. The average Bonchev–Trinajstić information content (AvgIpc) is 3.19. The topological polar surface area (TPSA) is 42.1 Å². The van der Waals surface area contributed by atoms with Gasteiger partial charge in [-0.15, -0.1) is 22.9 Å². The number of esters is 1. The number of aromatic amines is 1. The van der Waals surface area contributed by atoms with Gasteiger partial charge in [0.25, 0.3) is 0 Å². The summed E-state index contributed by atoms with van der Waals surface area (Å²) in [5, 5.41) is 1.14. The van der Waals surface area contributed by atoms with E-state index in [0.717, 1.165) is 27.2 Å². The maximum Gasteiger partial charge on any atom is 0.317 e. The van der Waals surface area contributed by atoms with Gasteiger partial charge >= 0.3 is 5.97 Å². The lowest BCUT2D eigenvalue weighted by atomic mass is 9.91. The van der Waals surface area contributed by atoms with Crippen molar-refractivity contribution in [3.8, 4) is 11.3 Å². The summed E-state index contributed by atoms with van der Waals surface area (Å²) in [7, 11) is 0. The third kappa shape index (κ3) is 3.89. The fraction of sp³-hybridized carbons (Fsp3) is 0.348. The molecule has 0 unspecified atom stereocenters. The zero-order valence-corrected chi connectivity index (χ0v) is 18.4. The first-order chi connectivity index (χ1) is 13.3. The summed E-state index contributed by atoms with van der Waals surface area (Å²) in [6, 6.07) is 8.67. The van der Waals surface area contributed by atoms with Gasteiger partial charge in [-0.3, -0.25) is 4.79 Å². The Labute approximate surface area is 175 Å². The summed E-state index contributed by atoms with van der Waals surface area (Å²) >= 11 is 7.73. The zero-order valence-electron chi connectivity index (χ0n) is 16.8. The molecule has 0 amide bonds. The standard InChI is InChI=1S/C23H26ClNO2S/c1-6-9-27-22(26)23(4,5)19-13-18-17(7-8-24)20(25-21(18)28-19)16-11-14(2)10-15(3)12-16/h6,10-13,25H,1,7-9H2,2-5H3. The normalized spacial score (nSPS) is 11.8. The van der Waals surface area contributed by atoms with E-state index >= 15 is 0 Å². The summed E-state index contributed by atoms with van der Waals surface area (Å²) < 4.78 is 5.30. The number of nitrogens with one attached hydrogen (secondary N) is 1. The second kappa shape index (κ2) is 8.14. The van der Waals surface area contributed by atoms with Gasteiger partial charge in [0.05, 0.1) is 11.1 Å². The van der Waals surface area contributed by atoms with Crippen molar-refractivity contribution in [2.75, 3.05) is 12.5 Å². The van der Waals surface area contributed by atoms with Gasteiger partial charge in [-0.05, 0) is 63.4 Å². The van der Waals surface area contributed by atoms with Gasteiger partial charge in [0.15, 0.2) is 0 Å². The average molecular weight is 416 g/mol. The number of rotatable bonds is 7. The van der Waals surface area contributed by atoms with Crippen LogP contribution < -0.4 is 0 Å². The number of aryl methyl sites for hydroxylation is 3. The molecule has 2 aromatic heterocycles.